The van der Waals surface area contributed by atoms with Crippen LogP contribution in [0.5, 0.6) is 0 Å². The summed E-state index contributed by atoms with van der Waals surface area (Å²) >= 11 is 1.60. The number of aromatic nitrogens is 3. The summed E-state index contributed by atoms with van der Waals surface area (Å²) in [6.07, 6.45) is 4.84. The minimum absolute atomic E-state index is 0.240. The number of rotatable bonds is 6. The Labute approximate surface area is 162 Å². The highest BCUT2D eigenvalue weighted by molar-refractivity contribution is 7.13. The Morgan fingerprint density at radius 1 is 1.22 bits per heavy atom. The molecule has 3 aromatic rings. The van der Waals surface area contributed by atoms with Gasteiger partial charge in [0.25, 0.3) is 0 Å². The Hall–Kier alpha value is -2.09. The number of morpholine rings is 1. The van der Waals surface area contributed by atoms with Crippen molar-refractivity contribution in [3.05, 3.63) is 48.1 Å². The van der Waals surface area contributed by atoms with Gasteiger partial charge in [0.2, 0.25) is 0 Å². The van der Waals surface area contributed by atoms with Gasteiger partial charge >= 0.3 is 0 Å². The first kappa shape index (κ1) is 18.3. The van der Waals surface area contributed by atoms with E-state index in [1.165, 1.54) is 12.1 Å². The summed E-state index contributed by atoms with van der Waals surface area (Å²) < 4.78 is 21.1. The Kier molecular flexibility index (Phi) is 5.61. The van der Waals surface area contributed by atoms with Gasteiger partial charge in [-0.25, -0.2) is 9.37 Å². The van der Waals surface area contributed by atoms with Crippen LogP contribution in [0, 0.1) is 5.82 Å². The van der Waals surface area contributed by atoms with Crippen molar-refractivity contribution in [3.63, 3.8) is 0 Å². The molecule has 0 spiro atoms. The molecule has 1 unspecified atom stereocenters. The lowest BCUT2D eigenvalue weighted by molar-refractivity contribution is 0.0122. The van der Waals surface area contributed by atoms with E-state index in [-0.39, 0.29) is 5.82 Å². The lowest BCUT2D eigenvalue weighted by atomic mass is 10.1. The SMILES string of the molecule is CCC(Cn1cnc(-c2ccc(F)cc2)c1-c1cncs1)N1CCOCC1. The van der Waals surface area contributed by atoms with Gasteiger partial charge in [0.1, 0.15) is 5.82 Å². The molecule has 1 saturated heterocycles. The van der Waals surface area contributed by atoms with Gasteiger partial charge in [0, 0.05) is 37.4 Å². The van der Waals surface area contributed by atoms with Crippen LogP contribution in [0.2, 0.25) is 0 Å². The number of halogens is 1. The third kappa shape index (κ3) is 3.95. The molecule has 1 fully saturated rings. The van der Waals surface area contributed by atoms with Crippen molar-refractivity contribution in [1.29, 1.82) is 0 Å². The fourth-order valence-corrected chi connectivity index (χ4v) is 4.29. The molecule has 3 heterocycles. The average molecular weight is 386 g/mol. The summed E-state index contributed by atoms with van der Waals surface area (Å²) in [5.41, 5.74) is 4.67. The number of ether oxygens (including phenoxy) is 1. The third-order valence-electron chi connectivity index (χ3n) is 5.06. The first-order chi connectivity index (χ1) is 13.3. The largest absolute Gasteiger partial charge is 0.379 e. The monoisotopic (exact) mass is 386 g/mol. The van der Waals surface area contributed by atoms with Crippen LogP contribution in [-0.4, -0.2) is 51.8 Å². The summed E-state index contributed by atoms with van der Waals surface area (Å²) in [6.45, 7) is 6.61. The Balaban J connectivity index is 1.69. The van der Waals surface area contributed by atoms with Crippen LogP contribution >= 0.6 is 11.3 Å². The predicted molar refractivity (Wildman–Crippen MR) is 105 cm³/mol. The molecule has 1 atom stereocenters. The van der Waals surface area contributed by atoms with Gasteiger partial charge in [-0.15, -0.1) is 11.3 Å². The van der Waals surface area contributed by atoms with E-state index in [4.69, 9.17) is 4.74 Å². The molecule has 142 valence electrons. The molecule has 7 heteroatoms. The van der Waals surface area contributed by atoms with Crippen molar-refractivity contribution in [2.45, 2.75) is 25.9 Å². The van der Waals surface area contributed by atoms with E-state index < -0.39 is 0 Å². The van der Waals surface area contributed by atoms with Gasteiger partial charge < -0.3 is 9.30 Å². The van der Waals surface area contributed by atoms with E-state index in [9.17, 15) is 4.39 Å². The van der Waals surface area contributed by atoms with Crippen LogP contribution in [0.1, 0.15) is 13.3 Å². The molecule has 5 nitrogen and oxygen atoms in total. The Morgan fingerprint density at radius 3 is 2.67 bits per heavy atom. The second kappa shape index (κ2) is 8.29. The maximum atomic E-state index is 13.4. The first-order valence-corrected chi connectivity index (χ1v) is 10.2. The molecule has 0 N–H and O–H groups in total. The number of nitrogens with zero attached hydrogens (tertiary/aromatic N) is 4. The molecule has 2 aromatic heterocycles. The van der Waals surface area contributed by atoms with Gasteiger partial charge in [-0.2, -0.15) is 0 Å². The lowest BCUT2D eigenvalue weighted by Gasteiger charge is -2.34. The van der Waals surface area contributed by atoms with Crippen molar-refractivity contribution in [1.82, 2.24) is 19.4 Å². The Morgan fingerprint density at radius 2 is 2.00 bits per heavy atom. The van der Waals surface area contributed by atoms with E-state index in [0.29, 0.717) is 6.04 Å². The van der Waals surface area contributed by atoms with Crippen LogP contribution in [0.25, 0.3) is 21.8 Å². The number of benzene rings is 1. The summed E-state index contributed by atoms with van der Waals surface area (Å²) in [5, 5.41) is 0. The van der Waals surface area contributed by atoms with Crippen molar-refractivity contribution in [3.8, 4) is 21.8 Å². The number of hydrogen-bond donors (Lipinski definition) is 0. The molecule has 0 bridgehead atoms. The van der Waals surface area contributed by atoms with E-state index >= 15 is 0 Å². The molecule has 27 heavy (non-hydrogen) atoms. The number of imidazole rings is 1. The molecule has 1 aliphatic heterocycles. The highest BCUT2D eigenvalue weighted by atomic mass is 32.1. The molecule has 0 amide bonds. The normalized spacial score (nSPS) is 16.5. The topological polar surface area (TPSA) is 43.2 Å². The van der Waals surface area contributed by atoms with E-state index in [2.05, 4.69) is 26.4 Å². The molecule has 1 aliphatic rings. The van der Waals surface area contributed by atoms with Crippen LogP contribution in [0.4, 0.5) is 4.39 Å². The van der Waals surface area contributed by atoms with Gasteiger partial charge in [-0.05, 0) is 30.7 Å². The standard InChI is InChI=1S/C20H23FN4OS/c1-2-17(24-7-9-26-10-8-24)12-25-13-23-19(15-3-5-16(21)6-4-15)20(25)18-11-22-14-27-18/h3-6,11,13-14,17H,2,7-10,12H2,1H3. The summed E-state index contributed by atoms with van der Waals surface area (Å²) in [4.78, 5) is 12.5. The highest BCUT2D eigenvalue weighted by Crippen LogP contribution is 2.34. The number of thiazole rings is 1. The Bertz CT molecular complexity index is 857. The number of hydrogen-bond acceptors (Lipinski definition) is 5. The zero-order chi connectivity index (χ0) is 18.6. The van der Waals surface area contributed by atoms with Crippen molar-refractivity contribution in [2.75, 3.05) is 26.3 Å². The fraction of sp³-hybridized carbons (Fsp3) is 0.400. The van der Waals surface area contributed by atoms with Crippen LogP contribution < -0.4 is 0 Å². The summed E-state index contributed by atoms with van der Waals surface area (Å²) in [6, 6.07) is 6.95. The smallest absolute Gasteiger partial charge is 0.123 e. The minimum atomic E-state index is -0.240. The second-order valence-electron chi connectivity index (χ2n) is 6.68. The highest BCUT2D eigenvalue weighted by Gasteiger charge is 2.23. The maximum absolute atomic E-state index is 13.4. The molecule has 0 radical (unpaired) electrons. The lowest BCUT2D eigenvalue weighted by Crippen LogP contribution is -2.45. The van der Waals surface area contributed by atoms with Crippen LogP contribution in [-0.2, 0) is 11.3 Å². The average Bonchev–Trinajstić information content (AvgIpc) is 3.37. The quantitative estimate of drug-likeness (QED) is 0.644. The molecule has 1 aromatic carbocycles. The second-order valence-corrected chi connectivity index (χ2v) is 7.56. The zero-order valence-corrected chi connectivity index (χ0v) is 16.2. The summed E-state index contributed by atoms with van der Waals surface area (Å²) in [5.74, 6) is -0.240. The van der Waals surface area contributed by atoms with Crippen molar-refractivity contribution < 1.29 is 9.13 Å². The first-order valence-electron chi connectivity index (χ1n) is 9.28. The predicted octanol–water partition coefficient (Wildman–Crippen LogP) is 3.92. The molecule has 0 aliphatic carbocycles. The van der Waals surface area contributed by atoms with Crippen LogP contribution in [0.15, 0.2) is 42.3 Å². The van der Waals surface area contributed by atoms with Gasteiger partial charge in [0.05, 0.1) is 41.3 Å². The van der Waals surface area contributed by atoms with Gasteiger partial charge in [0.15, 0.2) is 0 Å². The zero-order valence-electron chi connectivity index (χ0n) is 15.3. The maximum Gasteiger partial charge on any atom is 0.123 e. The van der Waals surface area contributed by atoms with Crippen LogP contribution in [0.3, 0.4) is 0 Å². The third-order valence-corrected chi connectivity index (χ3v) is 5.84. The van der Waals surface area contributed by atoms with E-state index in [0.717, 1.165) is 61.1 Å². The van der Waals surface area contributed by atoms with Crippen molar-refractivity contribution >= 4 is 11.3 Å². The molecule has 0 saturated carbocycles. The fourth-order valence-electron chi connectivity index (χ4n) is 3.60. The van der Waals surface area contributed by atoms with Crippen molar-refractivity contribution in [2.24, 2.45) is 0 Å². The molecule has 4 rings (SSSR count). The van der Waals surface area contributed by atoms with E-state index in [1.54, 1.807) is 23.5 Å². The molecular formula is C20H23FN4OS. The van der Waals surface area contributed by atoms with Gasteiger partial charge in [-0.1, -0.05) is 6.92 Å². The minimum Gasteiger partial charge on any atom is -0.379 e. The van der Waals surface area contributed by atoms with Gasteiger partial charge in [-0.3, -0.25) is 9.88 Å². The van der Waals surface area contributed by atoms with E-state index in [1.807, 2.05) is 18.0 Å². The summed E-state index contributed by atoms with van der Waals surface area (Å²) in [7, 11) is 0. The molecular weight excluding hydrogens is 363 g/mol.